The van der Waals surface area contributed by atoms with Crippen molar-refractivity contribution in [2.75, 3.05) is 13.1 Å². The fourth-order valence-corrected chi connectivity index (χ4v) is 2.46. The summed E-state index contributed by atoms with van der Waals surface area (Å²) in [6, 6.07) is 3.78. The van der Waals surface area contributed by atoms with Crippen LogP contribution < -0.4 is 5.73 Å². The van der Waals surface area contributed by atoms with Crippen LogP contribution in [0.15, 0.2) is 18.3 Å². The number of nitrogens with two attached hydrogens (primary N) is 1. The van der Waals surface area contributed by atoms with Crippen LogP contribution in [0.1, 0.15) is 29.4 Å². The Bertz CT molecular complexity index is 419. The third-order valence-corrected chi connectivity index (χ3v) is 3.53. The number of carbonyl (C=O) groups is 1. The molecule has 2 N–H and O–H groups in total. The topological polar surface area (TPSA) is 59.2 Å². The van der Waals surface area contributed by atoms with Gasteiger partial charge in [-0.05, 0) is 31.4 Å². The van der Waals surface area contributed by atoms with Gasteiger partial charge >= 0.3 is 0 Å². The Labute approximate surface area is 102 Å². The first-order valence-electron chi connectivity index (χ1n) is 6.07. The Morgan fingerprint density at radius 1 is 1.65 bits per heavy atom. The SMILES string of the molecule is Cc1cc(C(=O)N2CCC(C)C2CN)ccn1. The van der Waals surface area contributed by atoms with Crippen LogP contribution in [-0.2, 0) is 0 Å². The van der Waals surface area contributed by atoms with E-state index in [2.05, 4.69) is 11.9 Å². The molecule has 0 spiro atoms. The zero-order valence-corrected chi connectivity index (χ0v) is 10.4. The molecule has 1 aliphatic heterocycles. The lowest BCUT2D eigenvalue weighted by atomic mass is 10.0. The maximum atomic E-state index is 12.4. The number of aryl methyl sites for hydroxylation is 1. The number of hydrogen-bond donors (Lipinski definition) is 1. The van der Waals surface area contributed by atoms with Gasteiger partial charge in [0.1, 0.15) is 0 Å². The van der Waals surface area contributed by atoms with Crippen molar-refractivity contribution < 1.29 is 4.79 Å². The second-order valence-corrected chi connectivity index (χ2v) is 4.75. The van der Waals surface area contributed by atoms with Gasteiger partial charge in [0.2, 0.25) is 0 Å². The van der Waals surface area contributed by atoms with Crippen molar-refractivity contribution in [2.45, 2.75) is 26.3 Å². The van der Waals surface area contributed by atoms with E-state index in [1.807, 2.05) is 17.9 Å². The minimum atomic E-state index is 0.0790. The summed E-state index contributed by atoms with van der Waals surface area (Å²) in [5.41, 5.74) is 7.34. The lowest BCUT2D eigenvalue weighted by Crippen LogP contribution is -2.42. The lowest BCUT2D eigenvalue weighted by molar-refractivity contribution is 0.0727. The van der Waals surface area contributed by atoms with E-state index in [4.69, 9.17) is 5.73 Å². The molecule has 1 amide bonds. The van der Waals surface area contributed by atoms with E-state index in [1.165, 1.54) is 0 Å². The molecule has 0 aromatic carbocycles. The molecule has 2 heterocycles. The second-order valence-electron chi connectivity index (χ2n) is 4.75. The highest BCUT2D eigenvalue weighted by atomic mass is 16.2. The summed E-state index contributed by atoms with van der Waals surface area (Å²) >= 11 is 0. The molecule has 0 saturated carbocycles. The van der Waals surface area contributed by atoms with Gasteiger partial charge < -0.3 is 10.6 Å². The van der Waals surface area contributed by atoms with E-state index >= 15 is 0 Å². The monoisotopic (exact) mass is 233 g/mol. The molecule has 4 nitrogen and oxygen atoms in total. The normalized spacial score (nSPS) is 24.1. The van der Waals surface area contributed by atoms with Crippen LogP contribution in [0.3, 0.4) is 0 Å². The predicted octanol–water partition coefficient (Wildman–Crippen LogP) is 1.20. The van der Waals surface area contributed by atoms with Crippen LogP contribution in [0.2, 0.25) is 0 Å². The minimum absolute atomic E-state index is 0.0790. The van der Waals surface area contributed by atoms with Crippen molar-refractivity contribution in [3.63, 3.8) is 0 Å². The molecule has 0 aliphatic carbocycles. The van der Waals surface area contributed by atoms with Crippen molar-refractivity contribution in [1.82, 2.24) is 9.88 Å². The summed E-state index contributed by atoms with van der Waals surface area (Å²) in [4.78, 5) is 18.4. The highest BCUT2D eigenvalue weighted by Crippen LogP contribution is 2.24. The fourth-order valence-electron chi connectivity index (χ4n) is 2.46. The van der Waals surface area contributed by atoms with E-state index in [9.17, 15) is 4.79 Å². The summed E-state index contributed by atoms with van der Waals surface area (Å²) in [6.45, 7) is 5.40. The van der Waals surface area contributed by atoms with Crippen molar-refractivity contribution in [1.29, 1.82) is 0 Å². The average Bonchev–Trinajstić information content (AvgIpc) is 2.69. The number of hydrogen-bond acceptors (Lipinski definition) is 3. The van der Waals surface area contributed by atoms with Gasteiger partial charge in [0.15, 0.2) is 0 Å². The Morgan fingerprint density at radius 3 is 3.06 bits per heavy atom. The maximum Gasteiger partial charge on any atom is 0.254 e. The van der Waals surface area contributed by atoms with Crippen LogP contribution in [0.4, 0.5) is 0 Å². The number of amides is 1. The summed E-state index contributed by atoms with van der Waals surface area (Å²) in [7, 11) is 0. The van der Waals surface area contributed by atoms with Gasteiger partial charge in [-0.2, -0.15) is 0 Å². The van der Waals surface area contributed by atoms with Gasteiger partial charge in [0.25, 0.3) is 5.91 Å². The van der Waals surface area contributed by atoms with E-state index < -0.39 is 0 Å². The molecule has 17 heavy (non-hydrogen) atoms. The smallest absolute Gasteiger partial charge is 0.254 e. The zero-order valence-electron chi connectivity index (χ0n) is 10.4. The van der Waals surface area contributed by atoms with E-state index in [0.717, 1.165) is 18.7 Å². The fraction of sp³-hybridized carbons (Fsp3) is 0.538. The van der Waals surface area contributed by atoms with E-state index in [-0.39, 0.29) is 11.9 Å². The van der Waals surface area contributed by atoms with Gasteiger partial charge in [-0.3, -0.25) is 9.78 Å². The van der Waals surface area contributed by atoms with Crippen molar-refractivity contribution in [3.8, 4) is 0 Å². The molecule has 2 rings (SSSR count). The molecule has 0 bridgehead atoms. The number of aromatic nitrogens is 1. The summed E-state index contributed by atoms with van der Waals surface area (Å²) in [6.07, 6.45) is 2.72. The third-order valence-electron chi connectivity index (χ3n) is 3.53. The molecule has 1 aromatic rings. The maximum absolute atomic E-state index is 12.4. The molecule has 1 aliphatic rings. The molecule has 1 fully saturated rings. The molecular formula is C13H19N3O. The van der Waals surface area contributed by atoms with Crippen LogP contribution >= 0.6 is 0 Å². The van der Waals surface area contributed by atoms with Gasteiger partial charge in [-0.15, -0.1) is 0 Å². The number of pyridine rings is 1. The quantitative estimate of drug-likeness (QED) is 0.835. The standard InChI is InChI=1S/C13H19N3O/c1-9-4-6-16(12(9)8-14)13(17)11-3-5-15-10(2)7-11/h3,5,7,9,12H,4,6,8,14H2,1-2H3. The number of rotatable bonds is 2. The van der Waals surface area contributed by atoms with Crippen molar-refractivity contribution in [3.05, 3.63) is 29.6 Å². The summed E-state index contributed by atoms with van der Waals surface area (Å²) in [5, 5.41) is 0. The summed E-state index contributed by atoms with van der Waals surface area (Å²) in [5.74, 6) is 0.571. The van der Waals surface area contributed by atoms with Gasteiger partial charge in [0, 0.05) is 36.6 Å². The largest absolute Gasteiger partial charge is 0.334 e. The second kappa shape index (κ2) is 4.84. The molecule has 2 atom stereocenters. The minimum Gasteiger partial charge on any atom is -0.334 e. The Hall–Kier alpha value is -1.42. The number of nitrogens with zero attached hydrogens (tertiary/aromatic N) is 2. The molecule has 4 heteroatoms. The van der Waals surface area contributed by atoms with Crippen molar-refractivity contribution in [2.24, 2.45) is 11.7 Å². The van der Waals surface area contributed by atoms with Crippen LogP contribution in [-0.4, -0.2) is 34.9 Å². The lowest BCUT2D eigenvalue weighted by Gasteiger charge is -2.25. The van der Waals surface area contributed by atoms with Crippen LogP contribution in [0, 0.1) is 12.8 Å². The number of likely N-dealkylation sites (tertiary alicyclic amines) is 1. The van der Waals surface area contributed by atoms with Crippen LogP contribution in [0.25, 0.3) is 0 Å². The highest BCUT2D eigenvalue weighted by Gasteiger charge is 2.33. The van der Waals surface area contributed by atoms with Gasteiger partial charge in [-0.25, -0.2) is 0 Å². The van der Waals surface area contributed by atoms with E-state index in [0.29, 0.717) is 18.0 Å². The molecular weight excluding hydrogens is 214 g/mol. The zero-order chi connectivity index (χ0) is 12.4. The van der Waals surface area contributed by atoms with Gasteiger partial charge in [0.05, 0.1) is 0 Å². The molecule has 1 saturated heterocycles. The summed E-state index contributed by atoms with van der Waals surface area (Å²) < 4.78 is 0. The Kier molecular flexibility index (Phi) is 3.43. The first-order valence-corrected chi connectivity index (χ1v) is 6.07. The first-order chi connectivity index (χ1) is 8.13. The Morgan fingerprint density at radius 2 is 2.41 bits per heavy atom. The molecule has 1 aromatic heterocycles. The Balaban J connectivity index is 2.20. The molecule has 0 radical (unpaired) electrons. The molecule has 92 valence electrons. The first kappa shape index (κ1) is 12.0. The number of carbonyl (C=O) groups excluding carboxylic acids is 1. The van der Waals surface area contributed by atoms with Crippen LogP contribution in [0.5, 0.6) is 0 Å². The molecule has 2 unspecified atom stereocenters. The predicted molar refractivity (Wildman–Crippen MR) is 66.6 cm³/mol. The van der Waals surface area contributed by atoms with E-state index in [1.54, 1.807) is 12.3 Å². The van der Waals surface area contributed by atoms with Crippen molar-refractivity contribution >= 4 is 5.91 Å². The van der Waals surface area contributed by atoms with Gasteiger partial charge in [-0.1, -0.05) is 6.92 Å². The highest BCUT2D eigenvalue weighted by molar-refractivity contribution is 5.94. The average molecular weight is 233 g/mol. The third kappa shape index (κ3) is 2.31.